The summed E-state index contributed by atoms with van der Waals surface area (Å²) in [5.74, 6) is 1.00. The molecule has 0 radical (unpaired) electrons. The first-order valence-corrected chi connectivity index (χ1v) is 11.1. The Labute approximate surface area is 161 Å². The van der Waals surface area contributed by atoms with Crippen LogP contribution in [0.1, 0.15) is 23.6 Å². The monoisotopic (exact) mass is 386 g/mol. The number of piperazine rings is 1. The molecule has 0 unspecified atom stereocenters. The second kappa shape index (κ2) is 7.62. The van der Waals surface area contributed by atoms with Crippen molar-refractivity contribution >= 4 is 10.0 Å². The molecule has 6 heteroatoms. The summed E-state index contributed by atoms with van der Waals surface area (Å²) < 4.78 is 32.9. The number of aryl methyl sites for hydroxylation is 1. The van der Waals surface area contributed by atoms with Crippen LogP contribution in [0.2, 0.25) is 0 Å². The standard InChI is InChI=1S/C21H26N2O3S/c1-2-17-3-6-20(7-4-17)27(24,25)23-12-10-22(11-13-23)16-18-5-8-21-19(15-18)9-14-26-21/h3-8,15H,2,9-14,16H2,1H3. The molecular formula is C21H26N2O3S. The molecule has 0 saturated carbocycles. The van der Waals surface area contributed by atoms with Crippen LogP contribution in [0.25, 0.3) is 0 Å². The van der Waals surface area contributed by atoms with Gasteiger partial charge in [-0.25, -0.2) is 8.42 Å². The van der Waals surface area contributed by atoms with Crippen molar-refractivity contribution in [2.75, 3.05) is 32.8 Å². The van der Waals surface area contributed by atoms with E-state index in [9.17, 15) is 8.42 Å². The average Bonchev–Trinajstić information content (AvgIpc) is 3.16. The lowest BCUT2D eigenvalue weighted by Gasteiger charge is -2.34. The van der Waals surface area contributed by atoms with Crippen LogP contribution >= 0.6 is 0 Å². The third kappa shape index (κ3) is 3.88. The predicted molar refractivity (Wildman–Crippen MR) is 105 cm³/mol. The molecule has 144 valence electrons. The van der Waals surface area contributed by atoms with Crippen LogP contribution in [-0.4, -0.2) is 50.4 Å². The summed E-state index contributed by atoms with van der Waals surface area (Å²) >= 11 is 0. The molecule has 27 heavy (non-hydrogen) atoms. The summed E-state index contributed by atoms with van der Waals surface area (Å²) in [7, 11) is -3.40. The average molecular weight is 387 g/mol. The van der Waals surface area contributed by atoms with Gasteiger partial charge in [-0.1, -0.05) is 31.2 Å². The molecule has 2 aromatic carbocycles. The fraction of sp³-hybridized carbons (Fsp3) is 0.429. The molecule has 4 rings (SSSR count). The normalized spacial score (nSPS) is 18.3. The van der Waals surface area contributed by atoms with Crippen LogP contribution in [0, 0.1) is 0 Å². The van der Waals surface area contributed by atoms with Crippen molar-refractivity contribution in [1.82, 2.24) is 9.21 Å². The van der Waals surface area contributed by atoms with Crippen molar-refractivity contribution in [2.45, 2.75) is 31.2 Å². The first-order chi connectivity index (χ1) is 13.1. The smallest absolute Gasteiger partial charge is 0.243 e. The molecule has 0 aromatic heterocycles. The van der Waals surface area contributed by atoms with E-state index in [-0.39, 0.29) is 0 Å². The number of benzene rings is 2. The highest BCUT2D eigenvalue weighted by molar-refractivity contribution is 7.89. The second-order valence-electron chi connectivity index (χ2n) is 7.22. The number of rotatable bonds is 5. The lowest BCUT2D eigenvalue weighted by Crippen LogP contribution is -2.48. The van der Waals surface area contributed by atoms with Crippen LogP contribution in [0.5, 0.6) is 5.75 Å². The van der Waals surface area contributed by atoms with Crippen LogP contribution in [0.3, 0.4) is 0 Å². The second-order valence-corrected chi connectivity index (χ2v) is 9.16. The van der Waals surface area contributed by atoms with E-state index in [2.05, 4.69) is 30.0 Å². The number of fused-ring (bicyclic) bond motifs is 1. The highest BCUT2D eigenvalue weighted by Gasteiger charge is 2.28. The van der Waals surface area contributed by atoms with Crippen molar-refractivity contribution in [3.8, 4) is 5.75 Å². The number of sulfonamides is 1. The molecule has 0 bridgehead atoms. The van der Waals surface area contributed by atoms with E-state index in [1.807, 2.05) is 12.1 Å². The van der Waals surface area contributed by atoms with Crippen molar-refractivity contribution in [3.63, 3.8) is 0 Å². The molecule has 0 spiro atoms. The van der Waals surface area contributed by atoms with Crippen LogP contribution in [0.15, 0.2) is 47.4 Å². The summed E-state index contributed by atoms with van der Waals surface area (Å²) in [6.45, 7) is 6.26. The van der Waals surface area contributed by atoms with Gasteiger partial charge in [0.1, 0.15) is 5.75 Å². The SMILES string of the molecule is CCc1ccc(S(=O)(=O)N2CCN(Cc3ccc4c(c3)CCO4)CC2)cc1. The molecule has 0 amide bonds. The van der Waals surface area contributed by atoms with Crippen LogP contribution in [-0.2, 0) is 29.4 Å². The zero-order chi connectivity index (χ0) is 18.9. The van der Waals surface area contributed by atoms with E-state index < -0.39 is 10.0 Å². The zero-order valence-corrected chi connectivity index (χ0v) is 16.5. The van der Waals surface area contributed by atoms with E-state index in [1.54, 1.807) is 16.4 Å². The number of ether oxygens (including phenoxy) is 1. The maximum absolute atomic E-state index is 12.9. The Morgan fingerprint density at radius 3 is 2.37 bits per heavy atom. The fourth-order valence-electron chi connectivity index (χ4n) is 3.77. The van der Waals surface area contributed by atoms with Gasteiger partial charge in [0.25, 0.3) is 0 Å². The first-order valence-electron chi connectivity index (χ1n) is 9.62. The zero-order valence-electron chi connectivity index (χ0n) is 15.7. The van der Waals surface area contributed by atoms with E-state index >= 15 is 0 Å². The minimum Gasteiger partial charge on any atom is -0.493 e. The Balaban J connectivity index is 1.38. The van der Waals surface area contributed by atoms with Gasteiger partial charge in [-0.05, 0) is 41.3 Å². The van der Waals surface area contributed by atoms with Gasteiger partial charge in [-0.2, -0.15) is 4.31 Å². The Bertz CT molecular complexity index is 902. The van der Waals surface area contributed by atoms with Gasteiger partial charge >= 0.3 is 0 Å². The Morgan fingerprint density at radius 1 is 0.963 bits per heavy atom. The van der Waals surface area contributed by atoms with E-state index in [1.165, 1.54) is 11.1 Å². The maximum Gasteiger partial charge on any atom is 0.243 e. The molecular weight excluding hydrogens is 360 g/mol. The summed E-state index contributed by atoms with van der Waals surface area (Å²) in [5.41, 5.74) is 3.70. The molecule has 5 nitrogen and oxygen atoms in total. The maximum atomic E-state index is 12.9. The van der Waals surface area contributed by atoms with Gasteiger partial charge in [0.2, 0.25) is 10.0 Å². The number of hydrogen-bond acceptors (Lipinski definition) is 4. The van der Waals surface area contributed by atoms with E-state index in [0.29, 0.717) is 18.0 Å². The Morgan fingerprint density at radius 2 is 1.67 bits per heavy atom. The molecule has 1 saturated heterocycles. The summed E-state index contributed by atoms with van der Waals surface area (Å²) in [6, 6.07) is 13.7. The van der Waals surface area contributed by atoms with Gasteiger partial charge in [0, 0.05) is 39.1 Å². The minimum atomic E-state index is -3.40. The summed E-state index contributed by atoms with van der Waals surface area (Å²) in [6.07, 6.45) is 1.89. The van der Waals surface area contributed by atoms with Crippen molar-refractivity contribution in [1.29, 1.82) is 0 Å². The fourth-order valence-corrected chi connectivity index (χ4v) is 5.19. The highest BCUT2D eigenvalue weighted by atomic mass is 32.2. The number of hydrogen-bond donors (Lipinski definition) is 0. The molecule has 0 N–H and O–H groups in total. The van der Waals surface area contributed by atoms with Gasteiger partial charge in [0.15, 0.2) is 0 Å². The lowest BCUT2D eigenvalue weighted by atomic mass is 10.1. The minimum absolute atomic E-state index is 0.395. The third-order valence-electron chi connectivity index (χ3n) is 5.46. The molecule has 0 atom stereocenters. The van der Waals surface area contributed by atoms with Gasteiger partial charge in [0.05, 0.1) is 11.5 Å². The summed E-state index contributed by atoms with van der Waals surface area (Å²) in [5, 5.41) is 0. The topological polar surface area (TPSA) is 49.9 Å². The molecule has 2 aliphatic rings. The lowest BCUT2D eigenvalue weighted by molar-refractivity contribution is 0.181. The molecule has 2 aromatic rings. The van der Waals surface area contributed by atoms with Crippen LogP contribution in [0.4, 0.5) is 0 Å². The van der Waals surface area contributed by atoms with Crippen molar-refractivity contribution in [3.05, 3.63) is 59.2 Å². The van der Waals surface area contributed by atoms with Gasteiger partial charge in [-0.15, -0.1) is 0 Å². The van der Waals surface area contributed by atoms with Gasteiger partial charge < -0.3 is 4.74 Å². The van der Waals surface area contributed by atoms with Crippen molar-refractivity contribution in [2.24, 2.45) is 0 Å². The van der Waals surface area contributed by atoms with Crippen molar-refractivity contribution < 1.29 is 13.2 Å². The Kier molecular flexibility index (Phi) is 5.21. The predicted octanol–water partition coefficient (Wildman–Crippen LogP) is 2.69. The summed E-state index contributed by atoms with van der Waals surface area (Å²) in [4.78, 5) is 2.72. The number of nitrogens with zero attached hydrogens (tertiary/aromatic N) is 2. The largest absolute Gasteiger partial charge is 0.493 e. The quantitative estimate of drug-likeness (QED) is 0.793. The van der Waals surface area contributed by atoms with Crippen LogP contribution < -0.4 is 4.74 Å². The van der Waals surface area contributed by atoms with E-state index in [4.69, 9.17) is 4.74 Å². The molecule has 2 aliphatic heterocycles. The Hall–Kier alpha value is -1.89. The first kappa shape index (κ1) is 18.5. The molecule has 1 fully saturated rings. The molecule has 2 heterocycles. The van der Waals surface area contributed by atoms with Gasteiger partial charge in [-0.3, -0.25) is 4.90 Å². The molecule has 0 aliphatic carbocycles. The third-order valence-corrected chi connectivity index (χ3v) is 7.37. The van der Waals surface area contributed by atoms with E-state index in [0.717, 1.165) is 50.4 Å². The highest BCUT2D eigenvalue weighted by Crippen LogP contribution is 2.26.